The van der Waals surface area contributed by atoms with Crippen molar-refractivity contribution >= 4 is 0 Å². The third-order valence-electron chi connectivity index (χ3n) is 4.78. The summed E-state index contributed by atoms with van der Waals surface area (Å²) in [5.74, 6) is 0.788. The second kappa shape index (κ2) is 7.02. The van der Waals surface area contributed by atoms with Crippen LogP contribution in [0.25, 0.3) is 0 Å². The van der Waals surface area contributed by atoms with Crippen LogP contribution in [0.5, 0.6) is 0 Å². The molecule has 0 spiro atoms. The quantitative estimate of drug-likeness (QED) is 0.904. The minimum absolute atomic E-state index is 0.243. The van der Waals surface area contributed by atoms with Gasteiger partial charge < -0.3 is 10.2 Å². The lowest BCUT2D eigenvalue weighted by Gasteiger charge is -2.45. The topological polar surface area (TPSA) is 52.0 Å². The van der Waals surface area contributed by atoms with Gasteiger partial charge in [-0.1, -0.05) is 25.8 Å². The Morgan fingerprint density at radius 1 is 1.52 bits per heavy atom. The number of nitrogens with zero attached hydrogens (tertiary/aromatic N) is 3. The summed E-state index contributed by atoms with van der Waals surface area (Å²) in [7, 11) is 4.37. The Hall–Kier alpha value is -1.44. The maximum absolute atomic E-state index is 9.09. The first-order valence-corrected chi connectivity index (χ1v) is 7.79. The van der Waals surface area contributed by atoms with Gasteiger partial charge in [-0.05, 0) is 38.9 Å². The first-order valence-electron chi connectivity index (χ1n) is 7.79. The smallest absolute Gasteiger partial charge is 0.144 e. The van der Waals surface area contributed by atoms with Crippen molar-refractivity contribution in [2.24, 2.45) is 5.92 Å². The highest BCUT2D eigenvalue weighted by Gasteiger charge is 2.36. The molecule has 0 aliphatic heterocycles. The SMILES string of the molecule is CC1CCCC(CNCc2cccnc2C#N)(N(C)C)C1. The summed E-state index contributed by atoms with van der Waals surface area (Å²) in [4.78, 5) is 6.49. The van der Waals surface area contributed by atoms with Crippen LogP contribution in [-0.4, -0.2) is 36.1 Å². The zero-order valence-electron chi connectivity index (χ0n) is 13.4. The van der Waals surface area contributed by atoms with Crippen molar-refractivity contribution in [2.45, 2.75) is 44.7 Å². The van der Waals surface area contributed by atoms with E-state index in [9.17, 15) is 0 Å². The van der Waals surface area contributed by atoms with Crippen LogP contribution in [0.1, 0.15) is 43.9 Å². The van der Waals surface area contributed by atoms with E-state index in [4.69, 9.17) is 5.26 Å². The highest BCUT2D eigenvalue weighted by Crippen LogP contribution is 2.35. The van der Waals surface area contributed by atoms with Crippen LogP contribution in [0.4, 0.5) is 0 Å². The maximum atomic E-state index is 9.09. The lowest BCUT2D eigenvalue weighted by atomic mass is 9.75. The molecule has 4 heteroatoms. The lowest BCUT2D eigenvalue weighted by Crippen LogP contribution is -2.54. The molecular formula is C17H26N4. The molecular weight excluding hydrogens is 260 g/mol. The first-order chi connectivity index (χ1) is 10.1. The molecule has 2 atom stereocenters. The second-order valence-corrected chi connectivity index (χ2v) is 6.55. The Labute approximate surface area is 128 Å². The predicted molar refractivity (Wildman–Crippen MR) is 84.7 cm³/mol. The van der Waals surface area contributed by atoms with Gasteiger partial charge in [0.15, 0.2) is 0 Å². The number of likely N-dealkylation sites (N-methyl/N-ethyl adjacent to an activating group) is 1. The number of nitrogens with one attached hydrogen (secondary N) is 1. The Morgan fingerprint density at radius 2 is 2.33 bits per heavy atom. The second-order valence-electron chi connectivity index (χ2n) is 6.55. The fraction of sp³-hybridized carbons (Fsp3) is 0.647. The molecule has 1 aliphatic carbocycles. The van der Waals surface area contributed by atoms with E-state index in [0.29, 0.717) is 12.2 Å². The molecule has 1 fully saturated rings. The van der Waals surface area contributed by atoms with Crippen LogP contribution in [0.2, 0.25) is 0 Å². The molecule has 2 rings (SSSR count). The lowest BCUT2D eigenvalue weighted by molar-refractivity contribution is 0.0749. The van der Waals surface area contributed by atoms with Gasteiger partial charge in [0.25, 0.3) is 0 Å². The molecule has 114 valence electrons. The van der Waals surface area contributed by atoms with Gasteiger partial charge in [-0.2, -0.15) is 5.26 Å². The third-order valence-corrected chi connectivity index (χ3v) is 4.78. The summed E-state index contributed by atoms with van der Waals surface area (Å²) in [6, 6.07) is 6.03. The number of rotatable bonds is 5. The molecule has 1 N–H and O–H groups in total. The Bertz CT molecular complexity index is 506. The van der Waals surface area contributed by atoms with Gasteiger partial charge in [-0.25, -0.2) is 4.98 Å². The van der Waals surface area contributed by atoms with Crippen LogP contribution >= 0.6 is 0 Å². The first kappa shape index (κ1) is 15.9. The average Bonchev–Trinajstić information content (AvgIpc) is 2.47. The molecule has 0 bridgehead atoms. The standard InChI is InChI=1S/C17H26N4/c1-14-6-4-8-17(10-14,21(2)3)13-19-12-15-7-5-9-20-16(15)11-18/h5,7,9,14,19H,4,6,8,10,12-13H2,1-3H3. The minimum Gasteiger partial charge on any atom is -0.311 e. The molecule has 1 aliphatic rings. The van der Waals surface area contributed by atoms with E-state index in [1.165, 1.54) is 25.7 Å². The van der Waals surface area contributed by atoms with Gasteiger partial charge in [0.2, 0.25) is 0 Å². The average molecular weight is 286 g/mol. The summed E-state index contributed by atoms with van der Waals surface area (Å²) in [6.07, 6.45) is 6.81. The van der Waals surface area contributed by atoms with Crippen LogP contribution in [0.3, 0.4) is 0 Å². The zero-order chi connectivity index (χ0) is 15.3. The highest BCUT2D eigenvalue weighted by atomic mass is 15.2. The fourth-order valence-corrected chi connectivity index (χ4v) is 3.47. The Kier molecular flexibility index (Phi) is 5.33. The van der Waals surface area contributed by atoms with E-state index >= 15 is 0 Å². The molecule has 0 saturated heterocycles. The van der Waals surface area contributed by atoms with Crippen molar-refractivity contribution in [3.63, 3.8) is 0 Å². The van der Waals surface area contributed by atoms with E-state index in [2.05, 4.69) is 42.3 Å². The van der Waals surface area contributed by atoms with Crippen molar-refractivity contribution in [1.82, 2.24) is 15.2 Å². The summed E-state index contributed by atoms with van der Waals surface area (Å²) in [5, 5.41) is 12.6. The summed E-state index contributed by atoms with van der Waals surface area (Å²) >= 11 is 0. The Morgan fingerprint density at radius 3 is 3.00 bits per heavy atom. The molecule has 1 saturated carbocycles. The number of hydrogen-bond donors (Lipinski definition) is 1. The van der Waals surface area contributed by atoms with Gasteiger partial charge in [-0.3, -0.25) is 0 Å². The van der Waals surface area contributed by atoms with Gasteiger partial charge in [-0.15, -0.1) is 0 Å². The molecule has 0 radical (unpaired) electrons. The van der Waals surface area contributed by atoms with Crippen LogP contribution in [0.15, 0.2) is 18.3 Å². The van der Waals surface area contributed by atoms with Gasteiger partial charge in [0.05, 0.1) is 0 Å². The molecule has 4 nitrogen and oxygen atoms in total. The fourth-order valence-electron chi connectivity index (χ4n) is 3.47. The molecule has 1 aromatic heterocycles. The maximum Gasteiger partial charge on any atom is 0.144 e. The van der Waals surface area contributed by atoms with Gasteiger partial charge in [0, 0.05) is 30.4 Å². The van der Waals surface area contributed by atoms with Gasteiger partial charge >= 0.3 is 0 Å². The van der Waals surface area contributed by atoms with Gasteiger partial charge in [0.1, 0.15) is 11.8 Å². The largest absolute Gasteiger partial charge is 0.311 e. The molecule has 21 heavy (non-hydrogen) atoms. The van der Waals surface area contributed by atoms with Crippen molar-refractivity contribution in [3.8, 4) is 6.07 Å². The molecule has 1 heterocycles. The summed E-state index contributed by atoms with van der Waals surface area (Å²) in [6.45, 7) is 4.02. The summed E-state index contributed by atoms with van der Waals surface area (Å²) in [5.41, 5.74) is 1.76. The van der Waals surface area contributed by atoms with E-state index in [0.717, 1.165) is 18.0 Å². The van der Waals surface area contributed by atoms with Crippen LogP contribution in [-0.2, 0) is 6.54 Å². The molecule has 0 amide bonds. The predicted octanol–water partition coefficient (Wildman–Crippen LogP) is 2.55. The van der Waals surface area contributed by atoms with Crippen LogP contribution in [0, 0.1) is 17.2 Å². The number of aromatic nitrogens is 1. The van der Waals surface area contributed by atoms with Crippen molar-refractivity contribution in [1.29, 1.82) is 5.26 Å². The number of nitriles is 1. The number of hydrogen-bond acceptors (Lipinski definition) is 4. The highest BCUT2D eigenvalue weighted by molar-refractivity contribution is 5.30. The van der Waals surface area contributed by atoms with Crippen molar-refractivity contribution in [2.75, 3.05) is 20.6 Å². The Balaban J connectivity index is 1.98. The molecule has 0 aromatic carbocycles. The molecule has 2 unspecified atom stereocenters. The number of pyridine rings is 1. The van der Waals surface area contributed by atoms with Crippen molar-refractivity contribution in [3.05, 3.63) is 29.6 Å². The normalized spacial score (nSPS) is 25.8. The van der Waals surface area contributed by atoms with E-state index < -0.39 is 0 Å². The third kappa shape index (κ3) is 3.81. The van der Waals surface area contributed by atoms with Crippen LogP contribution < -0.4 is 5.32 Å². The van der Waals surface area contributed by atoms with E-state index in [-0.39, 0.29) is 5.54 Å². The molecule has 1 aromatic rings. The van der Waals surface area contributed by atoms with Crippen molar-refractivity contribution < 1.29 is 0 Å². The van der Waals surface area contributed by atoms with E-state index in [1.54, 1.807) is 6.20 Å². The minimum atomic E-state index is 0.243. The summed E-state index contributed by atoms with van der Waals surface area (Å²) < 4.78 is 0. The monoisotopic (exact) mass is 286 g/mol. The zero-order valence-corrected chi connectivity index (χ0v) is 13.4. The van der Waals surface area contributed by atoms with E-state index in [1.807, 2.05) is 12.1 Å².